The van der Waals surface area contributed by atoms with E-state index in [-0.39, 0.29) is 22.1 Å². The lowest BCUT2D eigenvalue weighted by Crippen LogP contribution is -2.20. The zero-order valence-corrected chi connectivity index (χ0v) is 16.2. The Hall–Kier alpha value is -3.11. The smallest absolute Gasteiger partial charge is 0.343 e. The highest BCUT2D eigenvalue weighted by Gasteiger charge is 2.28. The first-order chi connectivity index (χ1) is 13.3. The van der Waals surface area contributed by atoms with Crippen molar-refractivity contribution in [2.75, 3.05) is 0 Å². The molecule has 0 amide bonds. The van der Waals surface area contributed by atoms with Crippen LogP contribution in [0.1, 0.15) is 43.5 Å². The van der Waals surface area contributed by atoms with E-state index in [4.69, 9.17) is 16.3 Å². The predicted molar refractivity (Wildman–Crippen MR) is 108 cm³/mol. The molecule has 1 atom stereocenters. The number of halogens is 1. The highest BCUT2D eigenvalue weighted by Crippen LogP contribution is 2.28. The minimum atomic E-state index is -1.14. The van der Waals surface area contributed by atoms with Gasteiger partial charge >= 0.3 is 5.97 Å². The number of ether oxygens (including phenoxy) is 1. The summed E-state index contributed by atoms with van der Waals surface area (Å²) in [4.78, 5) is 25.8. The standard InChI is InChI=1S/C23H19ClO4/c1-14-3-7-16(8-4-14)21(26)22(17-9-5-15(2)6-10-17)28-23(27)19-13-18(24)11-12-20(19)25/h3-13,22,25H,1-2H3/t22-/m0/s1. The Morgan fingerprint density at radius 3 is 2.07 bits per heavy atom. The van der Waals surface area contributed by atoms with E-state index in [1.165, 1.54) is 18.2 Å². The fraction of sp³-hybridized carbons (Fsp3) is 0.130. The van der Waals surface area contributed by atoms with Crippen LogP contribution in [-0.4, -0.2) is 16.9 Å². The van der Waals surface area contributed by atoms with Crippen molar-refractivity contribution in [2.24, 2.45) is 0 Å². The van der Waals surface area contributed by atoms with Gasteiger partial charge in [0.1, 0.15) is 11.3 Å². The average molecular weight is 395 g/mol. The van der Waals surface area contributed by atoms with Crippen LogP contribution in [0.5, 0.6) is 5.75 Å². The highest BCUT2D eigenvalue weighted by atomic mass is 35.5. The van der Waals surface area contributed by atoms with Crippen LogP contribution in [0.4, 0.5) is 0 Å². The lowest BCUT2D eigenvalue weighted by molar-refractivity contribution is 0.0277. The molecule has 142 valence electrons. The summed E-state index contributed by atoms with van der Waals surface area (Å²) in [6.45, 7) is 3.85. The molecule has 0 aliphatic heterocycles. The van der Waals surface area contributed by atoms with Gasteiger partial charge in [-0.3, -0.25) is 4.79 Å². The van der Waals surface area contributed by atoms with Gasteiger partial charge in [0.05, 0.1) is 0 Å². The second kappa shape index (κ2) is 8.28. The first-order valence-corrected chi connectivity index (χ1v) is 9.10. The molecular formula is C23H19ClO4. The second-order valence-electron chi connectivity index (χ2n) is 6.59. The van der Waals surface area contributed by atoms with Crippen molar-refractivity contribution in [1.29, 1.82) is 0 Å². The minimum absolute atomic E-state index is 0.0960. The molecule has 0 radical (unpaired) electrons. The number of phenols is 1. The number of benzene rings is 3. The Bertz CT molecular complexity index is 1010. The van der Waals surface area contributed by atoms with Crippen molar-refractivity contribution in [2.45, 2.75) is 20.0 Å². The molecule has 0 fully saturated rings. The van der Waals surface area contributed by atoms with Gasteiger partial charge in [-0.2, -0.15) is 0 Å². The van der Waals surface area contributed by atoms with Crippen LogP contribution in [0.25, 0.3) is 0 Å². The van der Waals surface area contributed by atoms with E-state index in [9.17, 15) is 14.7 Å². The third-order valence-corrected chi connectivity index (χ3v) is 4.59. The van der Waals surface area contributed by atoms with Gasteiger partial charge in [-0.05, 0) is 32.0 Å². The summed E-state index contributed by atoms with van der Waals surface area (Å²) < 4.78 is 5.54. The van der Waals surface area contributed by atoms with Gasteiger partial charge in [-0.1, -0.05) is 71.3 Å². The summed E-state index contributed by atoms with van der Waals surface area (Å²) in [6.07, 6.45) is -1.14. The first-order valence-electron chi connectivity index (χ1n) is 8.72. The molecular weight excluding hydrogens is 376 g/mol. The third kappa shape index (κ3) is 4.41. The van der Waals surface area contributed by atoms with Gasteiger partial charge in [-0.25, -0.2) is 4.79 Å². The topological polar surface area (TPSA) is 63.6 Å². The van der Waals surface area contributed by atoms with Crippen LogP contribution >= 0.6 is 11.6 Å². The Morgan fingerprint density at radius 1 is 0.893 bits per heavy atom. The number of aromatic hydroxyl groups is 1. The van der Waals surface area contributed by atoms with Gasteiger partial charge < -0.3 is 9.84 Å². The zero-order chi connectivity index (χ0) is 20.3. The van der Waals surface area contributed by atoms with E-state index in [1.807, 2.05) is 38.1 Å². The predicted octanol–water partition coefficient (Wildman–Crippen LogP) is 5.44. The second-order valence-corrected chi connectivity index (χ2v) is 7.02. The largest absolute Gasteiger partial charge is 0.507 e. The fourth-order valence-electron chi connectivity index (χ4n) is 2.73. The van der Waals surface area contributed by atoms with E-state index < -0.39 is 12.1 Å². The molecule has 3 aromatic carbocycles. The van der Waals surface area contributed by atoms with E-state index in [2.05, 4.69) is 0 Å². The summed E-state index contributed by atoms with van der Waals surface area (Å²) in [5.74, 6) is -1.44. The first kappa shape index (κ1) is 19.6. The molecule has 1 N–H and O–H groups in total. The van der Waals surface area contributed by atoms with Gasteiger partial charge in [0, 0.05) is 16.1 Å². The number of phenolic OH excluding ortho intramolecular Hbond substituents is 1. The lowest BCUT2D eigenvalue weighted by atomic mass is 9.98. The molecule has 4 nitrogen and oxygen atoms in total. The maximum absolute atomic E-state index is 13.1. The Morgan fingerprint density at radius 2 is 1.46 bits per heavy atom. The van der Waals surface area contributed by atoms with E-state index in [0.29, 0.717) is 11.1 Å². The Balaban J connectivity index is 1.97. The average Bonchev–Trinajstić information content (AvgIpc) is 2.68. The Kier molecular flexibility index (Phi) is 5.81. The van der Waals surface area contributed by atoms with Crippen LogP contribution in [0.15, 0.2) is 66.7 Å². The monoisotopic (exact) mass is 394 g/mol. The van der Waals surface area contributed by atoms with Gasteiger partial charge in [0.25, 0.3) is 0 Å². The zero-order valence-electron chi connectivity index (χ0n) is 15.5. The maximum atomic E-state index is 13.1. The van der Waals surface area contributed by atoms with Crippen molar-refractivity contribution in [1.82, 2.24) is 0 Å². The summed E-state index contributed by atoms with van der Waals surface area (Å²) in [5, 5.41) is 10.2. The maximum Gasteiger partial charge on any atom is 0.343 e. The number of hydrogen-bond acceptors (Lipinski definition) is 4. The normalized spacial score (nSPS) is 11.7. The number of carbonyl (C=O) groups excluding carboxylic acids is 2. The Labute approximate surface area is 168 Å². The number of rotatable bonds is 5. The molecule has 5 heteroatoms. The van der Waals surface area contributed by atoms with Gasteiger partial charge in [0.15, 0.2) is 6.10 Å². The number of hydrogen-bond donors (Lipinski definition) is 1. The van der Waals surface area contributed by atoms with Crippen LogP contribution in [-0.2, 0) is 4.74 Å². The van der Waals surface area contributed by atoms with Crippen molar-refractivity contribution < 1.29 is 19.4 Å². The highest BCUT2D eigenvalue weighted by molar-refractivity contribution is 6.31. The SMILES string of the molecule is Cc1ccc(C(=O)[C@@H](OC(=O)c2cc(Cl)ccc2O)c2ccc(C)cc2)cc1. The number of ketones is 1. The molecule has 0 aromatic heterocycles. The van der Waals surface area contributed by atoms with Crippen molar-refractivity contribution in [3.05, 3.63) is 99.6 Å². The summed E-state index contributed by atoms with van der Waals surface area (Å²) in [6, 6.07) is 18.3. The quantitative estimate of drug-likeness (QED) is 0.462. The van der Waals surface area contributed by atoms with Crippen LogP contribution in [0.3, 0.4) is 0 Å². The van der Waals surface area contributed by atoms with Crippen LogP contribution < -0.4 is 0 Å². The molecule has 3 aromatic rings. The molecule has 28 heavy (non-hydrogen) atoms. The van der Waals surface area contributed by atoms with E-state index >= 15 is 0 Å². The fourth-order valence-corrected chi connectivity index (χ4v) is 2.90. The number of Topliss-reactive ketones (excluding diaryl/α,β-unsaturated/α-hetero) is 1. The molecule has 3 rings (SSSR count). The van der Waals surface area contributed by atoms with Crippen LogP contribution in [0, 0.1) is 13.8 Å². The number of esters is 1. The molecule has 0 unspecified atom stereocenters. The minimum Gasteiger partial charge on any atom is -0.507 e. The van der Waals surface area contributed by atoms with Gasteiger partial charge in [-0.15, -0.1) is 0 Å². The van der Waals surface area contributed by atoms with Crippen LogP contribution in [0.2, 0.25) is 5.02 Å². The molecule has 0 saturated heterocycles. The van der Waals surface area contributed by atoms with Gasteiger partial charge in [0.2, 0.25) is 5.78 Å². The third-order valence-electron chi connectivity index (χ3n) is 4.36. The van der Waals surface area contributed by atoms with E-state index in [1.54, 1.807) is 24.3 Å². The molecule has 0 spiro atoms. The number of aryl methyl sites for hydroxylation is 2. The lowest BCUT2D eigenvalue weighted by Gasteiger charge is -2.18. The van der Waals surface area contributed by atoms with Crippen molar-refractivity contribution in [3.8, 4) is 5.75 Å². The summed E-state index contributed by atoms with van der Waals surface area (Å²) in [7, 11) is 0. The number of carbonyl (C=O) groups is 2. The molecule has 0 aliphatic carbocycles. The summed E-state index contributed by atoms with van der Waals surface area (Å²) >= 11 is 5.92. The molecule has 0 saturated carbocycles. The van der Waals surface area contributed by atoms with E-state index in [0.717, 1.165) is 11.1 Å². The molecule has 0 aliphatic rings. The summed E-state index contributed by atoms with van der Waals surface area (Å²) in [5.41, 5.74) is 2.92. The molecule has 0 heterocycles. The van der Waals surface area contributed by atoms with Crippen molar-refractivity contribution >= 4 is 23.4 Å². The van der Waals surface area contributed by atoms with Crippen molar-refractivity contribution in [3.63, 3.8) is 0 Å². The molecule has 0 bridgehead atoms.